The maximum absolute atomic E-state index is 12.6. The highest BCUT2D eigenvalue weighted by molar-refractivity contribution is 5.76. The molecular formula is C20H37N3O2. The average Bonchev–Trinajstić information content (AvgIpc) is 2.67. The third kappa shape index (κ3) is 5.89. The van der Waals surface area contributed by atoms with Crippen molar-refractivity contribution >= 4 is 11.9 Å². The van der Waals surface area contributed by atoms with Crippen LogP contribution in [-0.2, 0) is 4.79 Å². The number of hydrogen-bond acceptors (Lipinski definition) is 2. The summed E-state index contributed by atoms with van der Waals surface area (Å²) in [5, 5.41) is 0. The van der Waals surface area contributed by atoms with Crippen LogP contribution < -0.4 is 0 Å². The monoisotopic (exact) mass is 351 g/mol. The normalized spacial score (nSPS) is 19.5. The van der Waals surface area contributed by atoms with Gasteiger partial charge in [0.2, 0.25) is 5.91 Å². The Morgan fingerprint density at radius 1 is 0.760 bits per heavy atom. The van der Waals surface area contributed by atoms with Gasteiger partial charge in [-0.2, -0.15) is 0 Å². The number of nitrogens with zero attached hydrogens (tertiary/aromatic N) is 3. The van der Waals surface area contributed by atoms with E-state index in [-0.39, 0.29) is 11.9 Å². The van der Waals surface area contributed by atoms with Crippen LogP contribution in [-0.4, -0.2) is 66.4 Å². The predicted molar refractivity (Wildman–Crippen MR) is 102 cm³/mol. The molecule has 0 atom stereocenters. The van der Waals surface area contributed by atoms with Crippen LogP contribution in [0, 0.1) is 0 Å². The maximum atomic E-state index is 12.6. The van der Waals surface area contributed by atoms with Gasteiger partial charge in [-0.05, 0) is 32.1 Å². The first kappa shape index (κ1) is 20.1. The van der Waals surface area contributed by atoms with E-state index in [1.165, 1.54) is 38.5 Å². The van der Waals surface area contributed by atoms with Gasteiger partial charge in [0.15, 0.2) is 0 Å². The molecule has 0 N–H and O–H groups in total. The number of rotatable bonds is 6. The van der Waals surface area contributed by atoms with Crippen molar-refractivity contribution in [1.29, 1.82) is 0 Å². The molecule has 2 fully saturated rings. The number of hydrogen-bond donors (Lipinski definition) is 0. The topological polar surface area (TPSA) is 43.9 Å². The Morgan fingerprint density at radius 2 is 1.24 bits per heavy atom. The highest BCUT2D eigenvalue weighted by Gasteiger charge is 2.25. The van der Waals surface area contributed by atoms with Crippen LogP contribution in [0.3, 0.4) is 0 Å². The molecule has 3 amide bonds. The largest absolute Gasteiger partial charge is 0.343 e. The van der Waals surface area contributed by atoms with E-state index in [4.69, 9.17) is 0 Å². The van der Waals surface area contributed by atoms with Gasteiger partial charge in [-0.1, -0.05) is 38.5 Å². The molecule has 0 radical (unpaired) electrons. The van der Waals surface area contributed by atoms with Gasteiger partial charge in [0.1, 0.15) is 0 Å². The molecule has 0 aromatic heterocycles. The number of carbonyl (C=O) groups excluding carboxylic acids is 2. The summed E-state index contributed by atoms with van der Waals surface area (Å²) < 4.78 is 0. The SMILES string of the molecule is CN(CCCC(=O)N(C)C1CCCCC1)C(=O)N(C)C1CCCCC1. The maximum Gasteiger partial charge on any atom is 0.319 e. The van der Waals surface area contributed by atoms with Crippen molar-refractivity contribution in [2.75, 3.05) is 27.7 Å². The molecule has 0 aromatic carbocycles. The Balaban J connectivity index is 1.68. The lowest BCUT2D eigenvalue weighted by Crippen LogP contribution is -2.45. The molecule has 25 heavy (non-hydrogen) atoms. The van der Waals surface area contributed by atoms with Gasteiger partial charge in [0, 0.05) is 46.2 Å². The van der Waals surface area contributed by atoms with E-state index >= 15 is 0 Å². The lowest BCUT2D eigenvalue weighted by molar-refractivity contribution is -0.132. The lowest BCUT2D eigenvalue weighted by atomic mass is 9.94. The van der Waals surface area contributed by atoms with Crippen LogP contribution in [0.25, 0.3) is 0 Å². The zero-order chi connectivity index (χ0) is 18.2. The van der Waals surface area contributed by atoms with Crippen molar-refractivity contribution in [2.24, 2.45) is 0 Å². The molecule has 5 nitrogen and oxygen atoms in total. The summed E-state index contributed by atoms with van der Waals surface area (Å²) in [4.78, 5) is 30.6. The number of amides is 3. The third-order valence-electron chi connectivity index (χ3n) is 6.15. The molecule has 0 aliphatic heterocycles. The van der Waals surface area contributed by atoms with Crippen LogP contribution in [0.5, 0.6) is 0 Å². The summed E-state index contributed by atoms with van der Waals surface area (Å²) in [7, 11) is 5.73. The van der Waals surface area contributed by atoms with Gasteiger partial charge >= 0.3 is 6.03 Å². The quantitative estimate of drug-likeness (QED) is 0.729. The Kier molecular flexibility index (Phi) is 8.04. The Labute approximate surface area is 153 Å². The van der Waals surface area contributed by atoms with Gasteiger partial charge < -0.3 is 14.7 Å². The smallest absolute Gasteiger partial charge is 0.319 e. The molecule has 0 bridgehead atoms. The highest BCUT2D eigenvalue weighted by Crippen LogP contribution is 2.23. The van der Waals surface area contributed by atoms with Crippen LogP contribution in [0.2, 0.25) is 0 Å². The van der Waals surface area contributed by atoms with Gasteiger partial charge in [-0.3, -0.25) is 4.79 Å². The zero-order valence-electron chi connectivity index (χ0n) is 16.5. The summed E-state index contributed by atoms with van der Waals surface area (Å²) in [5.41, 5.74) is 0. The first-order valence-electron chi connectivity index (χ1n) is 10.2. The molecule has 2 aliphatic rings. The van der Waals surface area contributed by atoms with Crippen molar-refractivity contribution in [3.8, 4) is 0 Å². The minimum atomic E-state index is 0.0972. The van der Waals surface area contributed by atoms with Crippen LogP contribution >= 0.6 is 0 Å². The molecule has 144 valence electrons. The fourth-order valence-electron chi connectivity index (χ4n) is 4.31. The van der Waals surface area contributed by atoms with E-state index in [2.05, 4.69) is 0 Å². The van der Waals surface area contributed by atoms with Crippen molar-refractivity contribution < 1.29 is 9.59 Å². The Bertz CT molecular complexity index is 429. The standard InChI is InChI=1S/C20H37N3O2/c1-21(20(25)23(3)18-13-8-5-9-14-18)16-10-15-19(24)22(2)17-11-6-4-7-12-17/h17-18H,4-16H2,1-3H3. The van der Waals surface area contributed by atoms with E-state index in [1.807, 2.05) is 30.9 Å². The van der Waals surface area contributed by atoms with Crippen molar-refractivity contribution in [3.63, 3.8) is 0 Å². The lowest BCUT2D eigenvalue weighted by Gasteiger charge is -2.34. The molecule has 0 heterocycles. The third-order valence-corrected chi connectivity index (χ3v) is 6.15. The first-order valence-corrected chi connectivity index (χ1v) is 10.2. The molecule has 0 spiro atoms. The zero-order valence-corrected chi connectivity index (χ0v) is 16.5. The van der Waals surface area contributed by atoms with Crippen LogP contribution in [0.1, 0.15) is 77.0 Å². The molecule has 0 aromatic rings. The Morgan fingerprint density at radius 3 is 1.76 bits per heavy atom. The summed E-state index contributed by atoms with van der Waals surface area (Å²) in [5.74, 6) is 0.230. The van der Waals surface area contributed by atoms with Gasteiger partial charge in [0.05, 0.1) is 0 Å². The Hall–Kier alpha value is -1.26. The molecular weight excluding hydrogens is 314 g/mol. The second-order valence-electron chi connectivity index (χ2n) is 8.01. The average molecular weight is 352 g/mol. The molecule has 2 saturated carbocycles. The summed E-state index contributed by atoms with van der Waals surface area (Å²) in [6.45, 7) is 0.653. The molecule has 5 heteroatoms. The molecule has 2 rings (SSSR count). The fourth-order valence-corrected chi connectivity index (χ4v) is 4.31. The van der Waals surface area contributed by atoms with E-state index < -0.39 is 0 Å². The van der Waals surface area contributed by atoms with Crippen LogP contribution in [0.15, 0.2) is 0 Å². The minimum absolute atomic E-state index is 0.0972. The molecule has 2 aliphatic carbocycles. The summed E-state index contributed by atoms with van der Waals surface area (Å²) >= 11 is 0. The number of carbonyl (C=O) groups is 2. The van der Waals surface area contributed by atoms with E-state index in [9.17, 15) is 9.59 Å². The first-order chi connectivity index (χ1) is 12.0. The fraction of sp³-hybridized carbons (Fsp3) is 0.900. The summed E-state index contributed by atoms with van der Waals surface area (Å²) in [6, 6.07) is 0.917. The van der Waals surface area contributed by atoms with E-state index in [1.54, 1.807) is 4.90 Å². The minimum Gasteiger partial charge on any atom is -0.343 e. The van der Waals surface area contributed by atoms with E-state index in [0.717, 1.165) is 32.1 Å². The highest BCUT2D eigenvalue weighted by atomic mass is 16.2. The van der Waals surface area contributed by atoms with Gasteiger partial charge in [0.25, 0.3) is 0 Å². The van der Waals surface area contributed by atoms with Crippen molar-refractivity contribution in [3.05, 3.63) is 0 Å². The molecule has 0 unspecified atom stereocenters. The molecule has 0 saturated heterocycles. The van der Waals surface area contributed by atoms with Gasteiger partial charge in [-0.15, -0.1) is 0 Å². The second kappa shape index (κ2) is 10.0. The second-order valence-corrected chi connectivity index (χ2v) is 8.01. The van der Waals surface area contributed by atoms with Gasteiger partial charge in [-0.25, -0.2) is 4.79 Å². The van der Waals surface area contributed by atoms with Crippen molar-refractivity contribution in [2.45, 2.75) is 89.1 Å². The van der Waals surface area contributed by atoms with E-state index in [0.29, 0.717) is 25.0 Å². The number of urea groups is 1. The van der Waals surface area contributed by atoms with Crippen molar-refractivity contribution in [1.82, 2.24) is 14.7 Å². The summed E-state index contributed by atoms with van der Waals surface area (Å²) in [6.07, 6.45) is 13.4. The van der Waals surface area contributed by atoms with Crippen LogP contribution in [0.4, 0.5) is 4.79 Å². The predicted octanol–water partition coefficient (Wildman–Crippen LogP) is 3.87.